The van der Waals surface area contributed by atoms with Gasteiger partial charge in [0.2, 0.25) is 0 Å². The van der Waals surface area contributed by atoms with E-state index in [0.29, 0.717) is 18.5 Å². The summed E-state index contributed by atoms with van der Waals surface area (Å²) in [6.07, 6.45) is -0.691. The number of amides is 1. The molecule has 1 spiro atoms. The van der Waals surface area contributed by atoms with Crippen LogP contribution in [0.3, 0.4) is 0 Å². The van der Waals surface area contributed by atoms with Gasteiger partial charge >= 0.3 is 6.18 Å². The third-order valence-electron chi connectivity index (χ3n) is 5.00. The number of halogens is 3. The van der Waals surface area contributed by atoms with Crippen molar-refractivity contribution in [3.63, 3.8) is 0 Å². The normalized spacial score (nSPS) is 25.0. The van der Waals surface area contributed by atoms with Gasteiger partial charge in [0, 0.05) is 26.3 Å². The van der Waals surface area contributed by atoms with Crippen molar-refractivity contribution in [1.82, 2.24) is 14.7 Å². The zero-order chi connectivity index (χ0) is 15.3. The van der Waals surface area contributed by atoms with Crippen molar-refractivity contribution < 1.29 is 18.0 Å². The van der Waals surface area contributed by atoms with E-state index in [1.807, 2.05) is 0 Å². The molecule has 1 saturated carbocycles. The Morgan fingerprint density at radius 1 is 1.43 bits per heavy atom. The molecule has 0 unspecified atom stereocenters. The summed E-state index contributed by atoms with van der Waals surface area (Å²) in [5.74, 6) is -1.49. The lowest BCUT2D eigenvalue weighted by atomic mass is 9.58. The maximum atomic E-state index is 13.2. The highest BCUT2D eigenvalue weighted by molar-refractivity contribution is 5.92. The lowest BCUT2D eigenvalue weighted by Gasteiger charge is -2.54. The number of hydrogen-bond acceptors (Lipinski definition) is 2. The van der Waals surface area contributed by atoms with Crippen LogP contribution in [0.5, 0.6) is 0 Å². The Hall–Kier alpha value is -1.53. The van der Waals surface area contributed by atoms with Crippen LogP contribution in [0.25, 0.3) is 0 Å². The van der Waals surface area contributed by atoms with Crippen molar-refractivity contribution in [2.45, 2.75) is 31.9 Å². The van der Waals surface area contributed by atoms with Gasteiger partial charge in [-0.1, -0.05) is 6.42 Å². The number of hydrogen-bond donors (Lipinski definition) is 0. The maximum Gasteiger partial charge on any atom is 0.392 e. The van der Waals surface area contributed by atoms with E-state index < -0.39 is 17.5 Å². The Bertz CT molecular complexity index is 548. The number of likely N-dealkylation sites (tertiary alicyclic amines) is 1. The molecule has 4 nitrogen and oxygen atoms in total. The molecule has 2 fully saturated rings. The van der Waals surface area contributed by atoms with Crippen LogP contribution in [-0.2, 0) is 7.05 Å². The first kappa shape index (κ1) is 14.4. The second kappa shape index (κ2) is 4.74. The van der Waals surface area contributed by atoms with E-state index in [9.17, 15) is 18.0 Å². The number of nitrogens with zero attached hydrogens (tertiary/aromatic N) is 3. The Labute approximate surface area is 120 Å². The van der Waals surface area contributed by atoms with Crippen molar-refractivity contribution in [2.24, 2.45) is 18.4 Å². The zero-order valence-corrected chi connectivity index (χ0v) is 11.9. The van der Waals surface area contributed by atoms with E-state index in [1.54, 1.807) is 18.0 Å². The fourth-order valence-corrected chi connectivity index (χ4v) is 3.73. The van der Waals surface area contributed by atoms with Crippen LogP contribution in [-0.4, -0.2) is 39.9 Å². The van der Waals surface area contributed by atoms with E-state index in [0.717, 1.165) is 6.42 Å². The van der Waals surface area contributed by atoms with Crippen LogP contribution in [0.1, 0.15) is 36.2 Å². The molecule has 3 rings (SSSR count). The SMILES string of the molecule is Cn1nccc1C(=O)N1CC[C@@H](C(F)(F)F)C2(CCC2)C1. The molecule has 2 heterocycles. The summed E-state index contributed by atoms with van der Waals surface area (Å²) in [6, 6.07) is 1.60. The fourth-order valence-electron chi connectivity index (χ4n) is 3.73. The fraction of sp³-hybridized carbons (Fsp3) is 0.714. The predicted octanol–water partition coefficient (Wildman–Crippen LogP) is 2.61. The Morgan fingerprint density at radius 3 is 2.62 bits per heavy atom. The highest BCUT2D eigenvalue weighted by Crippen LogP contribution is 2.56. The van der Waals surface area contributed by atoms with Gasteiger partial charge in [0.25, 0.3) is 5.91 Å². The largest absolute Gasteiger partial charge is 0.392 e. The molecule has 0 aromatic carbocycles. The van der Waals surface area contributed by atoms with Gasteiger partial charge in [0.05, 0.1) is 5.92 Å². The van der Waals surface area contributed by atoms with Crippen molar-refractivity contribution >= 4 is 5.91 Å². The molecule has 7 heteroatoms. The monoisotopic (exact) mass is 301 g/mol. The standard InChI is InChI=1S/C14H18F3N3O/c1-19-10(3-7-18-19)12(21)20-8-4-11(14(15,16)17)13(9-20)5-2-6-13/h3,7,11H,2,4-6,8-9H2,1H3/t11-/m1/s1. The minimum atomic E-state index is -4.16. The number of carbonyl (C=O) groups excluding carboxylic acids is 1. The second-order valence-electron chi connectivity index (χ2n) is 6.17. The van der Waals surface area contributed by atoms with Gasteiger partial charge in [-0.2, -0.15) is 18.3 Å². The summed E-state index contributed by atoms with van der Waals surface area (Å²) < 4.78 is 41.1. The summed E-state index contributed by atoms with van der Waals surface area (Å²) >= 11 is 0. The van der Waals surface area contributed by atoms with Crippen molar-refractivity contribution in [3.8, 4) is 0 Å². The number of alkyl halides is 3. The van der Waals surface area contributed by atoms with Crippen LogP contribution in [0.4, 0.5) is 13.2 Å². The Kier molecular flexibility index (Phi) is 3.26. The third kappa shape index (κ3) is 2.32. The van der Waals surface area contributed by atoms with E-state index in [1.165, 1.54) is 10.9 Å². The minimum Gasteiger partial charge on any atom is -0.337 e. The number of aryl methyl sites for hydroxylation is 1. The highest BCUT2D eigenvalue weighted by atomic mass is 19.4. The predicted molar refractivity (Wildman–Crippen MR) is 69.6 cm³/mol. The van der Waals surface area contributed by atoms with Crippen molar-refractivity contribution in [1.29, 1.82) is 0 Å². The van der Waals surface area contributed by atoms with Crippen LogP contribution >= 0.6 is 0 Å². The van der Waals surface area contributed by atoms with Gasteiger partial charge in [-0.05, 0) is 30.7 Å². The maximum absolute atomic E-state index is 13.2. The average molecular weight is 301 g/mol. The molecule has 0 N–H and O–H groups in total. The lowest BCUT2D eigenvalue weighted by Crippen LogP contribution is -2.57. The summed E-state index contributed by atoms with van der Waals surface area (Å²) in [5, 5.41) is 3.95. The topological polar surface area (TPSA) is 38.1 Å². The molecule has 1 aromatic rings. The first-order valence-electron chi connectivity index (χ1n) is 7.17. The summed E-state index contributed by atoms with van der Waals surface area (Å²) in [7, 11) is 1.66. The molecule has 1 aromatic heterocycles. The second-order valence-corrected chi connectivity index (χ2v) is 6.17. The van der Waals surface area contributed by atoms with E-state index in [-0.39, 0.29) is 25.4 Å². The van der Waals surface area contributed by atoms with Gasteiger partial charge in [-0.25, -0.2) is 0 Å². The number of aromatic nitrogens is 2. The molecule has 1 atom stereocenters. The molecule has 1 saturated heterocycles. The third-order valence-corrected chi connectivity index (χ3v) is 5.00. The smallest absolute Gasteiger partial charge is 0.337 e. The molecule has 116 valence electrons. The van der Waals surface area contributed by atoms with Crippen LogP contribution in [0, 0.1) is 11.3 Å². The molecule has 0 bridgehead atoms. The van der Waals surface area contributed by atoms with E-state index >= 15 is 0 Å². The van der Waals surface area contributed by atoms with E-state index in [2.05, 4.69) is 5.10 Å². The van der Waals surface area contributed by atoms with Crippen molar-refractivity contribution in [2.75, 3.05) is 13.1 Å². The Balaban J connectivity index is 1.80. The van der Waals surface area contributed by atoms with Gasteiger partial charge < -0.3 is 4.90 Å². The van der Waals surface area contributed by atoms with Gasteiger partial charge in [-0.3, -0.25) is 9.48 Å². The van der Waals surface area contributed by atoms with Gasteiger partial charge in [0.1, 0.15) is 5.69 Å². The van der Waals surface area contributed by atoms with Crippen LogP contribution < -0.4 is 0 Å². The molecule has 1 aliphatic carbocycles. The molecule has 0 radical (unpaired) electrons. The summed E-state index contributed by atoms with van der Waals surface area (Å²) in [6.45, 7) is 0.372. The first-order valence-corrected chi connectivity index (χ1v) is 7.17. The number of rotatable bonds is 1. The van der Waals surface area contributed by atoms with Crippen LogP contribution in [0.2, 0.25) is 0 Å². The molecular formula is C14H18F3N3O. The quantitative estimate of drug-likeness (QED) is 0.799. The van der Waals surface area contributed by atoms with E-state index in [4.69, 9.17) is 0 Å². The summed E-state index contributed by atoms with van der Waals surface area (Å²) in [4.78, 5) is 14.0. The van der Waals surface area contributed by atoms with Gasteiger partial charge in [-0.15, -0.1) is 0 Å². The number of carbonyl (C=O) groups is 1. The molecule has 21 heavy (non-hydrogen) atoms. The van der Waals surface area contributed by atoms with Gasteiger partial charge in [0.15, 0.2) is 0 Å². The van der Waals surface area contributed by atoms with Crippen molar-refractivity contribution in [3.05, 3.63) is 18.0 Å². The Morgan fingerprint density at radius 2 is 2.14 bits per heavy atom. The molecule has 1 amide bonds. The first-order chi connectivity index (χ1) is 9.83. The highest BCUT2D eigenvalue weighted by Gasteiger charge is 2.58. The number of piperidine rings is 1. The average Bonchev–Trinajstić information content (AvgIpc) is 2.80. The molecular weight excluding hydrogens is 283 g/mol. The molecule has 1 aliphatic heterocycles. The molecule has 2 aliphatic rings. The minimum absolute atomic E-state index is 0.00704. The zero-order valence-electron chi connectivity index (χ0n) is 11.9. The lowest BCUT2D eigenvalue weighted by molar-refractivity contribution is -0.235. The van der Waals surface area contributed by atoms with Crippen LogP contribution in [0.15, 0.2) is 12.3 Å². The summed E-state index contributed by atoms with van der Waals surface area (Å²) in [5.41, 5.74) is -0.333.